The second kappa shape index (κ2) is 5.46. The number of carbonyl (C=O) groups excluding carboxylic acids is 2. The van der Waals surface area contributed by atoms with Crippen molar-refractivity contribution in [2.24, 2.45) is 11.5 Å². The van der Waals surface area contributed by atoms with Crippen LogP contribution in [0.2, 0.25) is 5.02 Å². The third kappa shape index (κ3) is 2.80. The van der Waals surface area contributed by atoms with E-state index in [-0.39, 0.29) is 10.6 Å². The van der Waals surface area contributed by atoms with E-state index in [2.05, 4.69) is 5.32 Å². The lowest BCUT2D eigenvalue weighted by Crippen LogP contribution is -2.57. The fraction of sp³-hybridized carbons (Fsp3) is 0.333. The van der Waals surface area contributed by atoms with Gasteiger partial charge in [-0.2, -0.15) is 0 Å². The van der Waals surface area contributed by atoms with Crippen LogP contribution in [0, 0.1) is 0 Å². The second-order valence-corrected chi connectivity index (χ2v) is 4.75. The Morgan fingerprint density at radius 3 is 2.68 bits per heavy atom. The molecule has 102 valence electrons. The molecular weight excluding hydrogens is 268 g/mol. The lowest BCUT2D eigenvalue weighted by Gasteiger charge is -2.36. The summed E-state index contributed by atoms with van der Waals surface area (Å²) in [5.41, 5.74) is 11.6. The molecule has 1 atom stereocenters. The Kier molecular flexibility index (Phi) is 3.92. The number of benzene rings is 1. The van der Waals surface area contributed by atoms with Crippen molar-refractivity contribution in [1.82, 2.24) is 5.32 Å². The third-order valence-corrected chi connectivity index (χ3v) is 3.43. The number of nitrogens with zero attached hydrogens (tertiary/aromatic N) is 1. The molecule has 1 unspecified atom stereocenters. The number of anilines is 1. The van der Waals surface area contributed by atoms with E-state index in [1.54, 1.807) is 18.2 Å². The van der Waals surface area contributed by atoms with Gasteiger partial charge in [-0.3, -0.25) is 9.59 Å². The molecule has 1 aromatic carbocycles. The summed E-state index contributed by atoms with van der Waals surface area (Å²) in [7, 11) is 0. The summed E-state index contributed by atoms with van der Waals surface area (Å²) in [6, 6.07) is 4.47. The Morgan fingerprint density at radius 2 is 2.11 bits per heavy atom. The Bertz CT molecular complexity index is 520. The van der Waals surface area contributed by atoms with E-state index in [1.807, 2.05) is 4.90 Å². The molecule has 5 N–H and O–H groups in total. The summed E-state index contributed by atoms with van der Waals surface area (Å²) in [6.45, 7) is 1.88. The minimum Gasteiger partial charge on any atom is -0.368 e. The van der Waals surface area contributed by atoms with Gasteiger partial charge < -0.3 is 21.7 Å². The molecule has 1 saturated heterocycles. The van der Waals surface area contributed by atoms with Crippen LogP contribution in [0.15, 0.2) is 18.2 Å². The molecular formula is C12H15ClN4O2. The highest BCUT2D eigenvalue weighted by molar-refractivity contribution is 6.34. The fourth-order valence-electron chi connectivity index (χ4n) is 2.15. The first-order valence-corrected chi connectivity index (χ1v) is 6.24. The summed E-state index contributed by atoms with van der Waals surface area (Å²) < 4.78 is 0. The van der Waals surface area contributed by atoms with Crippen LogP contribution in [-0.2, 0) is 4.79 Å². The zero-order valence-electron chi connectivity index (χ0n) is 10.2. The molecule has 0 radical (unpaired) electrons. The van der Waals surface area contributed by atoms with E-state index in [0.717, 1.165) is 12.2 Å². The van der Waals surface area contributed by atoms with Crippen LogP contribution in [0.4, 0.5) is 5.69 Å². The standard InChI is InChI=1S/C12H15ClN4O2/c13-9-5-7(1-2-8(9)11(14)18)17-4-3-16-6-10(17)12(15)19/h1-2,5,10,16H,3-4,6H2,(H2,14,18)(H2,15,19). The molecule has 2 amide bonds. The molecule has 0 aliphatic carbocycles. The number of nitrogens with two attached hydrogens (primary N) is 2. The van der Waals surface area contributed by atoms with E-state index in [0.29, 0.717) is 13.1 Å². The van der Waals surface area contributed by atoms with Gasteiger partial charge in [0.05, 0.1) is 10.6 Å². The number of primary amides is 2. The SMILES string of the molecule is NC(=O)c1ccc(N2CCNCC2C(N)=O)cc1Cl. The summed E-state index contributed by atoms with van der Waals surface area (Å²) in [4.78, 5) is 24.4. The smallest absolute Gasteiger partial charge is 0.250 e. The molecule has 7 heteroatoms. The predicted octanol–water partition coefficient (Wildman–Crippen LogP) is -0.298. The molecule has 0 saturated carbocycles. The number of nitrogens with one attached hydrogen (secondary N) is 1. The van der Waals surface area contributed by atoms with Gasteiger partial charge in [-0.1, -0.05) is 11.6 Å². The Balaban J connectivity index is 2.32. The van der Waals surface area contributed by atoms with E-state index in [1.165, 1.54) is 0 Å². The second-order valence-electron chi connectivity index (χ2n) is 4.34. The highest BCUT2D eigenvalue weighted by Crippen LogP contribution is 2.25. The van der Waals surface area contributed by atoms with Gasteiger partial charge in [-0.25, -0.2) is 0 Å². The molecule has 19 heavy (non-hydrogen) atoms. The molecule has 1 heterocycles. The predicted molar refractivity (Wildman–Crippen MR) is 73.2 cm³/mol. The maximum absolute atomic E-state index is 11.4. The van der Waals surface area contributed by atoms with Gasteiger partial charge in [-0.15, -0.1) is 0 Å². The molecule has 0 bridgehead atoms. The topological polar surface area (TPSA) is 101 Å². The molecule has 6 nitrogen and oxygen atoms in total. The van der Waals surface area contributed by atoms with E-state index >= 15 is 0 Å². The van der Waals surface area contributed by atoms with Crippen molar-refractivity contribution in [1.29, 1.82) is 0 Å². The number of halogens is 1. The van der Waals surface area contributed by atoms with E-state index in [9.17, 15) is 9.59 Å². The number of carbonyl (C=O) groups is 2. The summed E-state index contributed by atoms with van der Waals surface area (Å²) in [5, 5.41) is 3.38. The van der Waals surface area contributed by atoms with Gasteiger partial charge in [0.15, 0.2) is 0 Å². The van der Waals surface area contributed by atoms with Crippen molar-refractivity contribution >= 4 is 29.1 Å². The van der Waals surface area contributed by atoms with Gasteiger partial charge in [0.25, 0.3) is 0 Å². The Hall–Kier alpha value is -1.79. The van der Waals surface area contributed by atoms with Gasteiger partial charge >= 0.3 is 0 Å². The number of hydrogen-bond donors (Lipinski definition) is 3. The number of piperazine rings is 1. The zero-order valence-corrected chi connectivity index (χ0v) is 11.0. The van der Waals surface area contributed by atoms with Crippen molar-refractivity contribution < 1.29 is 9.59 Å². The van der Waals surface area contributed by atoms with Crippen molar-refractivity contribution in [2.75, 3.05) is 24.5 Å². The number of rotatable bonds is 3. The van der Waals surface area contributed by atoms with Gasteiger partial charge in [0.2, 0.25) is 11.8 Å². The highest BCUT2D eigenvalue weighted by Gasteiger charge is 2.27. The summed E-state index contributed by atoms with van der Waals surface area (Å²) in [5.74, 6) is -0.981. The molecule has 1 aliphatic heterocycles. The van der Waals surface area contributed by atoms with Crippen molar-refractivity contribution in [3.8, 4) is 0 Å². The molecule has 1 aliphatic rings. The fourth-order valence-corrected chi connectivity index (χ4v) is 2.42. The molecule has 1 fully saturated rings. The lowest BCUT2D eigenvalue weighted by atomic mass is 10.1. The van der Waals surface area contributed by atoms with E-state index < -0.39 is 17.9 Å². The van der Waals surface area contributed by atoms with Crippen LogP contribution in [0.3, 0.4) is 0 Å². The minimum absolute atomic E-state index is 0.260. The molecule has 2 rings (SSSR count). The van der Waals surface area contributed by atoms with Crippen molar-refractivity contribution in [2.45, 2.75) is 6.04 Å². The zero-order chi connectivity index (χ0) is 14.0. The van der Waals surface area contributed by atoms with Crippen molar-refractivity contribution in [3.63, 3.8) is 0 Å². The first kappa shape index (κ1) is 13.6. The monoisotopic (exact) mass is 282 g/mol. The molecule has 0 aromatic heterocycles. The average Bonchev–Trinajstić information content (AvgIpc) is 2.38. The van der Waals surface area contributed by atoms with E-state index in [4.69, 9.17) is 23.1 Å². The molecule has 1 aromatic rings. The maximum atomic E-state index is 11.4. The quantitative estimate of drug-likeness (QED) is 0.708. The largest absolute Gasteiger partial charge is 0.368 e. The summed E-state index contributed by atoms with van der Waals surface area (Å²) >= 11 is 6.01. The first-order chi connectivity index (χ1) is 9.00. The van der Waals surface area contributed by atoms with Crippen LogP contribution in [-0.4, -0.2) is 37.5 Å². The minimum atomic E-state index is -0.580. The van der Waals surface area contributed by atoms with Crippen LogP contribution < -0.4 is 21.7 Å². The Morgan fingerprint density at radius 1 is 1.37 bits per heavy atom. The maximum Gasteiger partial charge on any atom is 0.250 e. The van der Waals surface area contributed by atoms with Gasteiger partial charge in [0.1, 0.15) is 6.04 Å². The van der Waals surface area contributed by atoms with Gasteiger partial charge in [-0.05, 0) is 18.2 Å². The van der Waals surface area contributed by atoms with Crippen LogP contribution in [0.5, 0.6) is 0 Å². The van der Waals surface area contributed by atoms with Crippen LogP contribution in [0.1, 0.15) is 10.4 Å². The Labute approximate surface area is 115 Å². The number of hydrogen-bond acceptors (Lipinski definition) is 4. The van der Waals surface area contributed by atoms with Crippen molar-refractivity contribution in [3.05, 3.63) is 28.8 Å². The molecule has 0 spiro atoms. The summed E-state index contributed by atoms with van der Waals surface area (Å²) in [6.07, 6.45) is 0. The van der Waals surface area contributed by atoms with Crippen LogP contribution in [0.25, 0.3) is 0 Å². The number of amides is 2. The first-order valence-electron chi connectivity index (χ1n) is 5.86. The normalized spacial score (nSPS) is 19.2. The third-order valence-electron chi connectivity index (χ3n) is 3.12. The lowest BCUT2D eigenvalue weighted by molar-refractivity contribution is -0.119. The average molecular weight is 283 g/mol. The van der Waals surface area contributed by atoms with Crippen LogP contribution >= 0.6 is 11.6 Å². The highest BCUT2D eigenvalue weighted by atomic mass is 35.5. The van der Waals surface area contributed by atoms with Gasteiger partial charge in [0, 0.05) is 25.3 Å².